The summed E-state index contributed by atoms with van der Waals surface area (Å²) in [6.45, 7) is 2.58. The summed E-state index contributed by atoms with van der Waals surface area (Å²) in [5.74, 6) is 0.710. The third kappa shape index (κ3) is 3.38. The lowest BCUT2D eigenvalue weighted by Crippen LogP contribution is -2.37. The summed E-state index contributed by atoms with van der Waals surface area (Å²) in [5.41, 5.74) is 0.320. The van der Waals surface area contributed by atoms with Gasteiger partial charge >= 0.3 is 0 Å². The van der Waals surface area contributed by atoms with Gasteiger partial charge in [0.05, 0.1) is 5.52 Å². The van der Waals surface area contributed by atoms with Gasteiger partial charge in [0.25, 0.3) is 11.0 Å². The fourth-order valence-corrected chi connectivity index (χ4v) is 3.76. The summed E-state index contributed by atoms with van der Waals surface area (Å²) < 4.78 is 1.66. The Morgan fingerprint density at radius 3 is 2.68 bits per heavy atom. The largest absolute Gasteiger partial charge is 0.409 e. The first-order valence-corrected chi connectivity index (χ1v) is 9.12. The molecule has 0 spiro atoms. The van der Waals surface area contributed by atoms with Gasteiger partial charge < -0.3 is 14.7 Å². The Hall–Kier alpha value is -2.37. The second-order valence-electron chi connectivity index (χ2n) is 6.74. The summed E-state index contributed by atoms with van der Waals surface area (Å²) in [5, 5.41) is 13.5. The van der Waals surface area contributed by atoms with Gasteiger partial charge in [0, 0.05) is 25.0 Å². The van der Waals surface area contributed by atoms with Gasteiger partial charge in [-0.05, 0) is 31.4 Å². The van der Waals surface area contributed by atoms with Crippen LogP contribution in [0, 0.1) is 0 Å². The number of para-hydroxylation sites is 1. The summed E-state index contributed by atoms with van der Waals surface area (Å²) in [6.07, 6.45) is 6.76. The zero-order valence-electron chi connectivity index (χ0n) is 15.0. The molecular weight excluding hydrogens is 316 g/mol. The van der Waals surface area contributed by atoms with E-state index in [9.17, 15) is 10.0 Å². The molecular formula is C19H26N4O2. The van der Waals surface area contributed by atoms with Crippen LogP contribution in [0.4, 0.5) is 5.82 Å². The van der Waals surface area contributed by atoms with Crippen molar-refractivity contribution >= 4 is 16.7 Å². The topological polar surface area (TPSA) is 70.7 Å². The molecule has 1 fully saturated rings. The Bertz CT molecular complexity index is 869. The maximum Gasteiger partial charge on any atom is 0.299 e. The molecule has 6 heteroatoms. The second-order valence-corrected chi connectivity index (χ2v) is 6.74. The highest BCUT2D eigenvalue weighted by molar-refractivity contribution is 5.89. The number of hydrogen-bond acceptors (Lipinski definition) is 5. The molecule has 25 heavy (non-hydrogen) atoms. The molecule has 6 nitrogen and oxygen atoms in total. The van der Waals surface area contributed by atoms with Crippen molar-refractivity contribution in [2.24, 2.45) is 5.16 Å². The van der Waals surface area contributed by atoms with Gasteiger partial charge in [0.15, 0.2) is 0 Å². The Morgan fingerprint density at radius 2 is 2.00 bits per heavy atom. The third-order valence-electron chi connectivity index (χ3n) is 5.08. The van der Waals surface area contributed by atoms with Crippen LogP contribution in [0.1, 0.15) is 45.4 Å². The smallest absolute Gasteiger partial charge is 0.299 e. The highest BCUT2D eigenvalue weighted by Gasteiger charge is 2.21. The van der Waals surface area contributed by atoms with Crippen molar-refractivity contribution in [1.29, 1.82) is 0 Å². The van der Waals surface area contributed by atoms with Crippen LogP contribution in [0.3, 0.4) is 0 Å². The number of nitrogens with zero attached hydrogens (tertiary/aromatic N) is 4. The summed E-state index contributed by atoms with van der Waals surface area (Å²) in [7, 11) is 2.03. The second kappa shape index (κ2) is 7.68. The Balaban J connectivity index is 2.30. The number of anilines is 1. The first-order valence-electron chi connectivity index (χ1n) is 9.12. The van der Waals surface area contributed by atoms with E-state index in [1.54, 1.807) is 4.57 Å². The molecule has 1 aliphatic carbocycles. The minimum atomic E-state index is -0.358. The number of aryl methyl sites for hydroxylation is 1. The number of aromatic nitrogens is 2. The van der Waals surface area contributed by atoms with Crippen LogP contribution in [0.15, 0.2) is 34.2 Å². The van der Waals surface area contributed by atoms with E-state index >= 15 is 0 Å². The zero-order chi connectivity index (χ0) is 17.8. The molecule has 0 unspecified atom stereocenters. The molecule has 0 saturated heterocycles. The van der Waals surface area contributed by atoms with Crippen LogP contribution >= 0.6 is 0 Å². The van der Waals surface area contributed by atoms with Crippen molar-refractivity contribution < 1.29 is 5.21 Å². The van der Waals surface area contributed by atoms with Crippen LogP contribution in [0.25, 0.3) is 10.9 Å². The van der Waals surface area contributed by atoms with Crippen molar-refractivity contribution in [2.45, 2.75) is 58.0 Å². The van der Waals surface area contributed by atoms with E-state index in [2.05, 4.69) is 15.0 Å². The molecule has 0 radical (unpaired) electrons. The SMILES string of the molecule is CCCn1c(=O)/c(=N\O)nc(N(C)C2CCCCC2)c2ccccc21. The van der Waals surface area contributed by atoms with Crippen molar-refractivity contribution in [2.75, 3.05) is 11.9 Å². The van der Waals surface area contributed by atoms with Gasteiger partial charge in [-0.2, -0.15) is 0 Å². The Morgan fingerprint density at radius 1 is 1.28 bits per heavy atom. The molecule has 1 aromatic carbocycles. The molecule has 2 aromatic rings. The third-order valence-corrected chi connectivity index (χ3v) is 5.08. The minimum Gasteiger partial charge on any atom is -0.409 e. The predicted octanol–water partition coefficient (Wildman–Crippen LogP) is 2.87. The fourth-order valence-electron chi connectivity index (χ4n) is 3.76. The molecule has 0 bridgehead atoms. The molecule has 3 rings (SSSR count). The molecule has 1 heterocycles. The van der Waals surface area contributed by atoms with E-state index in [1.807, 2.05) is 38.2 Å². The summed E-state index contributed by atoms with van der Waals surface area (Å²) in [6, 6.07) is 8.21. The van der Waals surface area contributed by atoms with Crippen molar-refractivity contribution in [1.82, 2.24) is 9.55 Å². The Kier molecular flexibility index (Phi) is 5.36. The maximum atomic E-state index is 12.8. The summed E-state index contributed by atoms with van der Waals surface area (Å²) in [4.78, 5) is 19.4. The van der Waals surface area contributed by atoms with Crippen molar-refractivity contribution in [3.8, 4) is 0 Å². The average Bonchev–Trinajstić information content (AvgIpc) is 2.78. The maximum absolute atomic E-state index is 12.8. The standard InChI is InChI=1S/C19H26N4O2/c1-3-13-23-16-12-8-7-11-15(16)18(20-17(21-25)19(23)24)22(2)14-9-5-4-6-10-14/h7-8,11-12,14,25H,3-6,9-10,13H2,1-2H3/b21-17+. The highest BCUT2D eigenvalue weighted by atomic mass is 16.4. The number of fused-ring (bicyclic) bond motifs is 1. The van der Waals surface area contributed by atoms with Gasteiger partial charge in [-0.15, -0.1) is 0 Å². The van der Waals surface area contributed by atoms with Crippen LogP contribution in [0.2, 0.25) is 0 Å². The van der Waals surface area contributed by atoms with Crippen LogP contribution in [-0.2, 0) is 6.54 Å². The molecule has 1 aromatic heterocycles. The van der Waals surface area contributed by atoms with Gasteiger partial charge in [-0.1, -0.05) is 43.5 Å². The zero-order valence-corrected chi connectivity index (χ0v) is 15.0. The predicted molar refractivity (Wildman–Crippen MR) is 98.9 cm³/mol. The lowest BCUT2D eigenvalue weighted by Gasteiger charge is -2.32. The molecule has 134 valence electrons. The molecule has 1 aliphatic rings. The van der Waals surface area contributed by atoms with E-state index in [0.717, 1.165) is 30.2 Å². The van der Waals surface area contributed by atoms with Crippen LogP contribution in [0.5, 0.6) is 0 Å². The summed E-state index contributed by atoms with van der Waals surface area (Å²) >= 11 is 0. The lowest BCUT2D eigenvalue weighted by atomic mass is 9.94. The quantitative estimate of drug-likeness (QED) is 0.685. The average molecular weight is 342 g/mol. The molecule has 1 N–H and O–H groups in total. The lowest BCUT2D eigenvalue weighted by molar-refractivity contribution is 0.296. The van der Waals surface area contributed by atoms with Gasteiger partial charge in [-0.25, -0.2) is 4.98 Å². The van der Waals surface area contributed by atoms with Crippen molar-refractivity contribution in [3.05, 3.63) is 40.1 Å². The first-order chi connectivity index (χ1) is 12.2. The van der Waals surface area contributed by atoms with E-state index in [1.165, 1.54) is 19.3 Å². The van der Waals surface area contributed by atoms with E-state index in [-0.39, 0.29) is 11.0 Å². The number of rotatable bonds is 4. The molecule has 0 aliphatic heterocycles. The Labute approximate surface area is 147 Å². The van der Waals surface area contributed by atoms with Gasteiger partial charge in [-0.3, -0.25) is 4.79 Å². The van der Waals surface area contributed by atoms with Gasteiger partial charge in [0.1, 0.15) is 5.82 Å². The molecule has 1 saturated carbocycles. The number of benzene rings is 1. The number of hydrogen-bond donors (Lipinski definition) is 1. The molecule has 0 amide bonds. The van der Waals surface area contributed by atoms with E-state index < -0.39 is 0 Å². The first kappa shape index (κ1) is 17.5. The minimum absolute atomic E-state index is 0.151. The van der Waals surface area contributed by atoms with Crippen molar-refractivity contribution in [3.63, 3.8) is 0 Å². The monoisotopic (exact) mass is 342 g/mol. The fraction of sp³-hybridized carbons (Fsp3) is 0.526. The van der Waals surface area contributed by atoms with Gasteiger partial charge in [0.2, 0.25) is 0 Å². The highest BCUT2D eigenvalue weighted by Crippen LogP contribution is 2.28. The van der Waals surface area contributed by atoms with Crippen LogP contribution < -0.4 is 15.9 Å². The molecule has 0 atom stereocenters. The normalized spacial score (nSPS) is 16.3. The van der Waals surface area contributed by atoms with E-state index in [0.29, 0.717) is 18.4 Å². The van der Waals surface area contributed by atoms with E-state index in [4.69, 9.17) is 0 Å². The van der Waals surface area contributed by atoms with Crippen LogP contribution in [-0.4, -0.2) is 27.8 Å².